The summed E-state index contributed by atoms with van der Waals surface area (Å²) in [5, 5.41) is 5.47. The van der Waals surface area contributed by atoms with Gasteiger partial charge in [-0.25, -0.2) is 10.4 Å². The fraction of sp³-hybridized carbons (Fsp3) is 0.438. The van der Waals surface area contributed by atoms with Gasteiger partial charge >= 0.3 is 0 Å². The number of ether oxygens (including phenoxy) is 1. The van der Waals surface area contributed by atoms with Gasteiger partial charge in [-0.05, 0) is 49.2 Å². The zero-order chi connectivity index (χ0) is 14.5. The van der Waals surface area contributed by atoms with Crippen LogP contribution < -0.4 is 15.5 Å². The maximum absolute atomic E-state index is 5.20. The first-order chi connectivity index (χ1) is 10.3. The smallest absolute Gasteiger partial charge is 0.118 e. The van der Waals surface area contributed by atoms with Crippen LogP contribution in [0.25, 0.3) is 5.57 Å². The van der Waals surface area contributed by atoms with Crippen molar-refractivity contribution in [2.45, 2.75) is 18.9 Å². The average Bonchev–Trinajstić information content (AvgIpc) is 2.56. The lowest BCUT2D eigenvalue weighted by Crippen LogP contribution is -2.49. The summed E-state index contributed by atoms with van der Waals surface area (Å²) in [6.07, 6.45) is 6.12. The molecule has 5 nitrogen and oxygen atoms in total. The van der Waals surface area contributed by atoms with Crippen molar-refractivity contribution in [2.75, 3.05) is 26.7 Å². The lowest BCUT2D eigenvalue weighted by Gasteiger charge is -2.31. The predicted molar refractivity (Wildman–Crippen MR) is 99.7 cm³/mol. The fourth-order valence-corrected chi connectivity index (χ4v) is 2.70. The molecule has 0 atom stereocenters. The highest BCUT2D eigenvalue weighted by Crippen LogP contribution is 2.21. The Morgan fingerprint density at radius 2 is 1.87 bits per heavy atom. The fourth-order valence-electron chi connectivity index (χ4n) is 2.70. The number of piperidine rings is 1. The van der Waals surface area contributed by atoms with Crippen LogP contribution in [0.5, 0.6) is 5.75 Å². The first kappa shape index (κ1) is 19.8. The number of hydrazine groups is 1. The summed E-state index contributed by atoms with van der Waals surface area (Å²) in [7, 11) is 1.68. The number of hydrogen-bond acceptors (Lipinski definition) is 5. The molecule has 1 aromatic rings. The predicted octanol–water partition coefficient (Wildman–Crippen LogP) is 2.48. The number of nitrogens with zero attached hydrogens (tertiary/aromatic N) is 2. The standard InChI is InChI=1S/C16H22N4O.2ClH/c1-21-16-4-2-13(3-5-16)14-10-18-12-20(11-14)19-15-6-8-17-9-7-15;;/h2-5,10,12,15,17,19H,6-9,11H2,1H3;2*1H. The zero-order valence-corrected chi connectivity index (χ0v) is 14.8. The Kier molecular flexibility index (Phi) is 8.41. The van der Waals surface area contributed by atoms with Crippen molar-refractivity contribution in [2.24, 2.45) is 4.99 Å². The van der Waals surface area contributed by atoms with Gasteiger partial charge in [0.1, 0.15) is 12.1 Å². The van der Waals surface area contributed by atoms with Crippen molar-refractivity contribution >= 4 is 36.7 Å². The lowest BCUT2D eigenvalue weighted by molar-refractivity contribution is 0.250. The van der Waals surface area contributed by atoms with E-state index in [1.807, 2.05) is 24.7 Å². The summed E-state index contributed by atoms with van der Waals surface area (Å²) in [5.74, 6) is 0.878. The molecule has 2 N–H and O–H groups in total. The molecule has 0 aromatic heterocycles. The number of methoxy groups -OCH3 is 1. The van der Waals surface area contributed by atoms with Crippen LogP contribution in [-0.2, 0) is 0 Å². The number of halogens is 2. The molecule has 0 saturated carbocycles. The quantitative estimate of drug-likeness (QED) is 0.867. The highest BCUT2D eigenvalue weighted by Gasteiger charge is 2.17. The van der Waals surface area contributed by atoms with Gasteiger partial charge in [0.15, 0.2) is 0 Å². The van der Waals surface area contributed by atoms with E-state index < -0.39 is 0 Å². The summed E-state index contributed by atoms with van der Waals surface area (Å²) in [6.45, 7) is 3.01. The topological polar surface area (TPSA) is 48.9 Å². The minimum atomic E-state index is 0. The van der Waals surface area contributed by atoms with Gasteiger partial charge < -0.3 is 10.1 Å². The molecule has 1 saturated heterocycles. The van der Waals surface area contributed by atoms with Crippen molar-refractivity contribution in [3.8, 4) is 5.75 Å². The third-order valence-corrected chi connectivity index (χ3v) is 3.93. The third-order valence-electron chi connectivity index (χ3n) is 3.93. The molecular weight excluding hydrogens is 335 g/mol. The largest absolute Gasteiger partial charge is 0.497 e. The normalized spacial score (nSPS) is 17.8. The molecule has 128 valence electrons. The number of aliphatic imine (C=N–C) groups is 1. The highest BCUT2D eigenvalue weighted by atomic mass is 35.5. The van der Waals surface area contributed by atoms with Gasteiger partial charge in [-0.2, -0.15) is 0 Å². The van der Waals surface area contributed by atoms with E-state index in [1.165, 1.54) is 11.1 Å². The van der Waals surface area contributed by atoms with Gasteiger partial charge in [0, 0.05) is 12.2 Å². The van der Waals surface area contributed by atoms with E-state index in [-0.39, 0.29) is 24.8 Å². The van der Waals surface area contributed by atoms with E-state index in [9.17, 15) is 0 Å². The minimum Gasteiger partial charge on any atom is -0.497 e. The molecule has 0 unspecified atom stereocenters. The van der Waals surface area contributed by atoms with Crippen LogP contribution in [0.1, 0.15) is 18.4 Å². The van der Waals surface area contributed by atoms with Crippen molar-refractivity contribution in [1.82, 2.24) is 15.8 Å². The van der Waals surface area contributed by atoms with Crippen LogP contribution >= 0.6 is 24.8 Å². The van der Waals surface area contributed by atoms with E-state index in [2.05, 4.69) is 32.9 Å². The number of rotatable bonds is 4. The molecule has 0 aliphatic carbocycles. The Hall–Kier alpha value is -1.27. The summed E-state index contributed by atoms with van der Waals surface area (Å²) >= 11 is 0. The molecule has 0 bridgehead atoms. The maximum atomic E-state index is 5.20. The average molecular weight is 359 g/mol. The van der Waals surface area contributed by atoms with E-state index >= 15 is 0 Å². The van der Waals surface area contributed by atoms with Gasteiger partial charge in [-0.1, -0.05) is 12.1 Å². The maximum Gasteiger partial charge on any atom is 0.118 e. The second kappa shape index (κ2) is 9.78. The van der Waals surface area contributed by atoms with Crippen molar-refractivity contribution in [3.05, 3.63) is 36.0 Å². The SMILES string of the molecule is COc1ccc(C2=CN=CN(NC3CCNCC3)C2)cc1.Cl.Cl. The Morgan fingerprint density at radius 3 is 2.52 bits per heavy atom. The van der Waals surface area contributed by atoms with E-state index in [0.29, 0.717) is 6.04 Å². The van der Waals surface area contributed by atoms with Crippen molar-refractivity contribution in [3.63, 3.8) is 0 Å². The molecule has 1 aromatic carbocycles. The first-order valence-corrected chi connectivity index (χ1v) is 7.45. The number of benzene rings is 1. The van der Waals surface area contributed by atoms with Crippen LogP contribution in [0.4, 0.5) is 0 Å². The number of nitrogens with one attached hydrogen (secondary N) is 2. The second-order valence-corrected chi connectivity index (χ2v) is 5.43. The van der Waals surface area contributed by atoms with Gasteiger partial charge in [0.05, 0.1) is 13.7 Å². The lowest BCUT2D eigenvalue weighted by atomic mass is 10.1. The van der Waals surface area contributed by atoms with Gasteiger partial charge in [-0.3, -0.25) is 5.01 Å². The van der Waals surface area contributed by atoms with Crippen LogP contribution in [0.15, 0.2) is 35.5 Å². The third kappa shape index (κ3) is 5.39. The molecule has 0 amide bonds. The molecule has 7 heteroatoms. The molecule has 1 fully saturated rings. The van der Waals surface area contributed by atoms with Crippen LogP contribution in [0.2, 0.25) is 0 Å². The first-order valence-electron chi connectivity index (χ1n) is 7.45. The van der Waals surface area contributed by atoms with Crippen LogP contribution in [0, 0.1) is 0 Å². The van der Waals surface area contributed by atoms with Crippen LogP contribution in [0.3, 0.4) is 0 Å². The second-order valence-electron chi connectivity index (χ2n) is 5.43. The Morgan fingerprint density at radius 1 is 1.17 bits per heavy atom. The van der Waals surface area contributed by atoms with E-state index in [0.717, 1.165) is 38.2 Å². The van der Waals surface area contributed by atoms with Gasteiger partial charge in [0.25, 0.3) is 0 Å². The Balaban J connectivity index is 0.00000132. The molecule has 2 heterocycles. The van der Waals surface area contributed by atoms with Crippen LogP contribution in [-0.4, -0.2) is 44.1 Å². The van der Waals surface area contributed by atoms with Gasteiger partial charge in [0.2, 0.25) is 0 Å². The Labute approximate surface area is 150 Å². The Bertz CT molecular complexity index is 527. The summed E-state index contributed by atoms with van der Waals surface area (Å²) < 4.78 is 5.20. The van der Waals surface area contributed by atoms with E-state index in [4.69, 9.17) is 4.74 Å². The molecule has 2 aliphatic rings. The molecule has 2 aliphatic heterocycles. The summed E-state index contributed by atoms with van der Waals surface area (Å²) in [6, 6.07) is 8.66. The summed E-state index contributed by atoms with van der Waals surface area (Å²) in [5.41, 5.74) is 5.95. The minimum absolute atomic E-state index is 0. The number of hydrogen-bond donors (Lipinski definition) is 2. The molecule has 0 spiro atoms. The molecule has 3 rings (SSSR count). The highest BCUT2D eigenvalue weighted by molar-refractivity contribution is 5.85. The monoisotopic (exact) mass is 358 g/mol. The van der Waals surface area contributed by atoms with E-state index in [1.54, 1.807) is 7.11 Å². The van der Waals surface area contributed by atoms with Crippen molar-refractivity contribution in [1.29, 1.82) is 0 Å². The molecule has 23 heavy (non-hydrogen) atoms. The van der Waals surface area contributed by atoms with Crippen molar-refractivity contribution < 1.29 is 4.74 Å². The molecular formula is C16H24Cl2N4O. The summed E-state index contributed by atoms with van der Waals surface area (Å²) in [4.78, 5) is 4.35. The molecule has 0 radical (unpaired) electrons. The van der Waals surface area contributed by atoms with Gasteiger partial charge in [-0.15, -0.1) is 24.8 Å². The zero-order valence-electron chi connectivity index (χ0n) is 13.2.